The van der Waals surface area contributed by atoms with E-state index < -0.39 is 0 Å². The van der Waals surface area contributed by atoms with Crippen molar-refractivity contribution in [2.45, 2.75) is 13.8 Å². The Bertz CT molecular complexity index is 463. The van der Waals surface area contributed by atoms with E-state index in [1.165, 1.54) is 0 Å². The van der Waals surface area contributed by atoms with E-state index in [1.807, 2.05) is 14.1 Å². The van der Waals surface area contributed by atoms with Gasteiger partial charge in [-0.25, -0.2) is 4.98 Å². The number of hydrogen-bond acceptors (Lipinski definition) is 3. The molecule has 0 aliphatic carbocycles. The van der Waals surface area contributed by atoms with E-state index >= 15 is 0 Å². The van der Waals surface area contributed by atoms with Gasteiger partial charge in [0.05, 0.1) is 5.56 Å². The number of carbonyl (C=O) groups is 1. The first-order valence-electron chi connectivity index (χ1n) is 5.95. The number of rotatable bonds is 5. The Labute approximate surface area is 127 Å². The third kappa shape index (κ3) is 5.47. The Morgan fingerprint density at radius 1 is 1.53 bits per heavy atom. The predicted molar refractivity (Wildman–Crippen MR) is 81.6 cm³/mol. The van der Waals surface area contributed by atoms with Gasteiger partial charge in [0, 0.05) is 23.8 Å². The molecule has 0 aliphatic heterocycles. The molecule has 1 rings (SSSR count). The lowest BCUT2D eigenvalue weighted by molar-refractivity contribution is 0.0929. The molecule has 0 radical (unpaired) electrons. The molecular weight excluding hydrogens is 330 g/mol. The van der Waals surface area contributed by atoms with Crippen LogP contribution in [0.5, 0.6) is 0 Å². The lowest BCUT2D eigenvalue weighted by Crippen LogP contribution is -2.40. The van der Waals surface area contributed by atoms with Crippen molar-refractivity contribution in [3.8, 4) is 0 Å². The summed E-state index contributed by atoms with van der Waals surface area (Å²) in [5, 5.41) is 3.12. The number of pyridine rings is 1. The molecule has 1 heterocycles. The van der Waals surface area contributed by atoms with E-state index in [0.717, 1.165) is 11.0 Å². The van der Waals surface area contributed by atoms with Gasteiger partial charge in [0.15, 0.2) is 0 Å². The molecule has 0 fully saturated rings. The molecule has 1 aromatic heterocycles. The fraction of sp³-hybridized carbons (Fsp3) is 0.538. The molecule has 1 N–H and O–H groups in total. The van der Waals surface area contributed by atoms with E-state index in [9.17, 15) is 4.79 Å². The minimum absolute atomic E-state index is 0.00885. The lowest BCUT2D eigenvalue weighted by atomic mass is 9.93. The van der Waals surface area contributed by atoms with Crippen LogP contribution < -0.4 is 5.32 Å². The first-order chi connectivity index (χ1) is 8.71. The molecule has 106 valence electrons. The third-order valence-corrected chi connectivity index (χ3v) is 3.26. The summed E-state index contributed by atoms with van der Waals surface area (Å²) in [5.74, 6) is -0.203. The van der Waals surface area contributed by atoms with Crippen LogP contribution in [0.1, 0.15) is 24.2 Å². The molecule has 1 amide bonds. The summed E-state index contributed by atoms with van der Waals surface area (Å²) in [5.41, 5.74) is 0.377. The van der Waals surface area contributed by atoms with Gasteiger partial charge in [0.25, 0.3) is 5.91 Å². The van der Waals surface area contributed by atoms with Gasteiger partial charge in [-0.15, -0.1) is 0 Å². The molecule has 4 nitrogen and oxygen atoms in total. The largest absolute Gasteiger partial charge is 0.351 e. The Kier molecular flexibility index (Phi) is 5.77. The molecule has 0 aliphatic rings. The minimum atomic E-state index is -0.203. The zero-order valence-electron chi connectivity index (χ0n) is 11.6. The second kappa shape index (κ2) is 6.68. The average molecular weight is 349 g/mol. The quantitative estimate of drug-likeness (QED) is 0.832. The van der Waals surface area contributed by atoms with Gasteiger partial charge < -0.3 is 10.2 Å². The van der Waals surface area contributed by atoms with Gasteiger partial charge in [-0.05, 0) is 41.5 Å². The summed E-state index contributed by atoms with van der Waals surface area (Å²) in [7, 11) is 4.03. The number of nitrogens with zero attached hydrogens (tertiary/aromatic N) is 2. The smallest absolute Gasteiger partial charge is 0.254 e. The fourth-order valence-electron chi connectivity index (χ4n) is 1.91. The Morgan fingerprint density at radius 3 is 2.74 bits per heavy atom. The van der Waals surface area contributed by atoms with Gasteiger partial charge in [0.1, 0.15) is 5.15 Å². The Balaban J connectivity index is 2.68. The van der Waals surface area contributed by atoms with Crippen molar-refractivity contribution >= 4 is 33.4 Å². The van der Waals surface area contributed by atoms with Crippen LogP contribution in [-0.4, -0.2) is 43.0 Å². The molecule has 6 heteroatoms. The molecule has 0 spiro atoms. The molecule has 0 saturated heterocycles. The van der Waals surface area contributed by atoms with Crippen LogP contribution >= 0.6 is 27.5 Å². The van der Waals surface area contributed by atoms with Gasteiger partial charge in [-0.2, -0.15) is 0 Å². The maximum absolute atomic E-state index is 12.1. The van der Waals surface area contributed by atoms with Crippen molar-refractivity contribution in [2.75, 3.05) is 27.2 Å². The summed E-state index contributed by atoms with van der Waals surface area (Å²) in [6.07, 6.45) is 1.56. The van der Waals surface area contributed by atoms with Crippen LogP contribution in [0.25, 0.3) is 0 Å². The molecule has 0 atom stereocenters. The van der Waals surface area contributed by atoms with Crippen LogP contribution in [0.2, 0.25) is 5.15 Å². The summed E-state index contributed by atoms with van der Waals surface area (Å²) >= 11 is 9.20. The summed E-state index contributed by atoms with van der Waals surface area (Å²) in [4.78, 5) is 18.1. The maximum Gasteiger partial charge on any atom is 0.254 e. The predicted octanol–water partition coefficient (Wildman–Crippen LogP) is 2.82. The van der Waals surface area contributed by atoms with Gasteiger partial charge in [-0.3, -0.25) is 4.79 Å². The summed E-state index contributed by atoms with van der Waals surface area (Å²) in [6, 6.07) is 1.67. The summed E-state index contributed by atoms with van der Waals surface area (Å²) in [6.45, 7) is 5.67. The second-order valence-corrected chi connectivity index (χ2v) is 6.85. The zero-order valence-corrected chi connectivity index (χ0v) is 14.0. The van der Waals surface area contributed by atoms with Crippen LogP contribution in [0, 0.1) is 5.41 Å². The number of carbonyl (C=O) groups excluding carboxylic acids is 1. The number of aromatic nitrogens is 1. The molecule has 19 heavy (non-hydrogen) atoms. The van der Waals surface area contributed by atoms with Gasteiger partial charge in [-0.1, -0.05) is 25.4 Å². The van der Waals surface area contributed by atoms with Crippen molar-refractivity contribution in [2.24, 2.45) is 5.41 Å². The highest BCUT2D eigenvalue weighted by Crippen LogP contribution is 2.19. The molecule has 0 unspecified atom stereocenters. The van der Waals surface area contributed by atoms with Crippen molar-refractivity contribution in [1.29, 1.82) is 0 Å². The summed E-state index contributed by atoms with van der Waals surface area (Å²) < 4.78 is 0.731. The lowest BCUT2D eigenvalue weighted by Gasteiger charge is -2.28. The number of hydrogen-bond donors (Lipinski definition) is 1. The Hall–Kier alpha value is -0.650. The highest BCUT2D eigenvalue weighted by molar-refractivity contribution is 9.10. The van der Waals surface area contributed by atoms with Crippen molar-refractivity contribution in [3.63, 3.8) is 0 Å². The topological polar surface area (TPSA) is 45.2 Å². The minimum Gasteiger partial charge on any atom is -0.351 e. The molecule has 0 saturated carbocycles. The molecule has 1 aromatic rings. The molecule has 0 bridgehead atoms. The average Bonchev–Trinajstić information content (AvgIpc) is 2.27. The van der Waals surface area contributed by atoms with Crippen LogP contribution in [0.3, 0.4) is 0 Å². The maximum atomic E-state index is 12.1. The van der Waals surface area contributed by atoms with E-state index in [4.69, 9.17) is 11.6 Å². The van der Waals surface area contributed by atoms with E-state index in [0.29, 0.717) is 12.1 Å². The normalized spacial score (nSPS) is 11.7. The fourth-order valence-corrected chi connectivity index (χ4v) is 2.43. The zero-order chi connectivity index (χ0) is 14.6. The number of nitrogens with one attached hydrogen (secondary N) is 1. The standard InChI is InChI=1S/C13H19BrClN3O/c1-13(2,8-18(3)4)7-17-12(19)10-5-9(14)6-16-11(10)15/h5-6H,7-8H2,1-4H3,(H,17,19). The van der Waals surface area contributed by atoms with Crippen molar-refractivity contribution in [1.82, 2.24) is 15.2 Å². The second-order valence-electron chi connectivity index (χ2n) is 5.58. The number of halogens is 2. The SMILES string of the molecule is CN(C)CC(C)(C)CNC(=O)c1cc(Br)cnc1Cl. The first kappa shape index (κ1) is 16.4. The van der Waals surface area contributed by atoms with Crippen LogP contribution in [-0.2, 0) is 0 Å². The third-order valence-electron chi connectivity index (χ3n) is 2.52. The Morgan fingerprint density at radius 2 is 2.16 bits per heavy atom. The van der Waals surface area contributed by atoms with Crippen LogP contribution in [0.4, 0.5) is 0 Å². The van der Waals surface area contributed by atoms with Crippen LogP contribution in [0.15, 0.2) is 16.7 Å². The molecular formula is C13H19BrClN3O. The highest BCUT2D eigenvalue weighted by atomic mass is 79.9. The highest BCUT2D eigenvalue weighted by Gasteiger charge is 2.21. The number of amides is 1. The van der Waals surface area contributed by atoms with E-state index in [1.54, 1.807) is 12.3 Å². The van der Waals surface area contributed by atoms with Crippen molar-refractivity contribution < 1.29 is 4.79 Å². The van der Waals surface area contributed by atoms with Gasteiger partial charge in [0.2, 0.25) is 0 Å². The monoisotopic (exact) mass is 347 g/mol. The molecule has 0 aromatic carbocycles. The van der Waals surface area contributed by atoms with Gasteiger partial charge >= 0.3 is 0 Å². The van der Waals surface area contributed by atoms with E-state index in [-0.39, 0.29) is 16.5 Å². The van der Waals surface area contributed by atoms with Crippen molar-refractivity contribution in [3.05, 3.63) is 27.5 Å². The van der Waals surface area contributed by atoms with E-state index in [2.05, 4.69) is 45.0 Å². The first-order valence-corrected chi connectivity index (χ1v) is 7.12.